The zero-order valence-corrected chi connectivity index (χ0v) is 23.3. The third-order valence-corrected chi connectivity index (χ3v) is 7.96. The minimum atomic E-state index is -1.36. The van der Waals surface area contributed by atoms with E-state index in [2.05, 4.69) is 0 Å². The number of rotatable bonds is 7. The topological polar surface area (TPSA) is 95.7 Å². The third-order valence-electron chi connectivity index (χ3n) is 7.73. The lowest BCUT2D eigenvalue weighted by Gasteiger charge is -2.27. The molecule has 0 amide bonds. The Kier molecular flexibility index (Phi) is 6.36. The Labute approximate surface area is 245 Å². The van der Waals surface area contributed by atoms with Crippen LogP contribution in [0.2, 0.25) is 5.02 Å². The van der Waals surface area contributed by atoms with Gasteiger partial charge in [-0.2, -0.15) is 0 Å². The van der Waals surface area contributed by atoms with Crippen LogP contribution in [-0.4, -0.2) is 38.3 Å². The van der Waals surface area contributed by atoms with Gasteiger partial charge in [0.05, 0.1) is 34.8 Å². The van der Waals surface area contributed by atoms with E-state index in [9.17, 15) is 14.3 Å². The van der Waals surface area contributed by atoms with Crippen LogP contribution >= 0.6 is 11.6 Å². The zero-order chi connectivity index (χ0) is 29.0. The summed E-state index contributed by atoms with van der Waals surface area (Å²) in [6.07, 6.45) is 3.23. The highest BCUT2D eigenvalue weighted by atomic mass is 35.5. The molecule has 3 aromatic carbocycles. The highest BCUT2D eigenvalue weighted by Gasteiger charge is 2.42. The van der Waals surface area contributed by atoms with Gasteiger partial charge in [-0.1, -0.05) is 29.8 Å². The van der Waals surface area contributed by atoms with E-state index in [-0.39, 0.29) is 17.2 Å². The van der Waals surface area contributed by atoms with E-state index >= 15 is 0 Å². The number of pyridine rings is 1. The number of aromatic nitrogens is 3. The summed E-state index contributed by atoms with van der Waals surface area (Å²) in [5.41, 5.74) is 4.30. The van der Waals surface area contributed by atoms with Crippen LogP contribution in [-0.2, 0) is 23.5 Å². The van der Waals surface area contributed by atoms with E-state index < -0.39 is 17.6 Å². The van der Waals surface area contributed by atoms with Gasteiger partial charge in [-0.3, -0.25) is 4.98 Å². The molecule has 2 aliphatic rings. The van der Waals surface area contributed by atoms with Crippen molar-refractivity contribution in [3.8, 4) is 22.6 Å². The van der Waals surface area contributed by atoms with Crippen molar-refractivity contribution >= 4 is 28.6 Å². The van der Waals surface area contributed by atoms with E-state index in [0.29, 0.717) is 29.5 Å². The van der Waals surface area contributed by atoms with Crippen molar-refractivity contribution < 1.29 is 28.5 Å². The van der Waals surface area contributed by atoms with Gasteiger partial charge in [0, 0.05) is 48.0 Å². The molecule has 0 spiro atoms. The molecule has 0 bridgehead atoms. The second-order valence-electron chi connectivity index (χ2n) is 10.6. The first-order chi connectivity index (χ1) is 20.3. The summed E-state index contributed by atoms with van der Waals surface area (Å²) in [5, 5.41) is 9.79. The summed E-state index contributed by atoms with van der Waals surface area (Å²) in [6.45, 7) is 2.99. The van der Waals surface area contributed by atoms with Crippen LogP contribution in [0.15, 0.2) is 72.9 Å². The number of carboxylic acids is 1. The first-order valence-corrected chi connectivity index (χ1v) is 13.9. The van der Waals surface area contributed by atoms with E-state index in [1.807, 2.05) is 28.8 Å². The zero-order valence-electron chi connectivity index (χ0n) is 22.5. The average molecular weight is 586 g/mol. The number of carboxylic acid groups (broad SMARTS) is 1. The number of fused-ring (bicyclic) bond motifs is 2. The predicted octanol–water partition coefficient (Wildman–Crippen LogP) is 6.61. The lowest BCUT2D eigenvalue weighted by atomic mass is 10.1. The molecule has 0 saturated carbocycles. The standard InChI is InChI=1S/C32H25ClFN3O5/c1-32(24-9-7-20(33)14-25(24)34)41-28-4-2-3-23(30(28)42-32)19-5-8-21(35-16-19)15-29-36-26-10-6-18(31(38)39)13-27(26)37(29)17-22-11-12-40-22/h2-10,13-14,16,22H,11-12,15,17H2,1H3,(H,38,39)/t22-,32+/m0/s1. The second-order valence-corrected chi connectivity index (χ2v) is 11.0. The van der Waals surface area contributed by atoms with Crippen molar-refractivity contribution in [1.82, 2.24) is 14.5 Å². The van der Waals surface area contributed by atoms with Gasteiger partial charge in [-0.05, 0) is 55.0 Å². The first-order valence-electron chi connectivity index (χ1n) is 13.5. The highest BCUT2D eigenvalue weighted by molar-refractivity contribution is 6.30. The Balaban J connectivity index is 1.17. The molecule has 0 radical (unpaired) electrons. The minimum Gasteiger partial charge on any atom is -0.478 e. The molecule has 8 nitrogen and oxygen atoms in total. The maximum Gasteiger partial charge on any atom is 0.335 e. The molecule has 2 aliphatic heterocycles. The number of imidazole rings is 1. The quantitative estimate of drug-likeness (QED) is 0.229. The van der Waals surface area contributed by atoms with E-state index in [1.165, 1.54) is 6.07 Å². The van der Waals surface area contributed by atoms with Gasteiger partial charge in [0.25, 0.3) is 5.79 Å². The Morgan fingerprint density at radius 3 is 2.71 bits per heavy atom. The smallest absolute Gasteiger partial charge is 0.335 e. The van der Waals surface area contributed by atoms with Gasteiger partial charge in [0.1, 0.15) is 11.6 Å². The number of para-hydroxylation sites is 1. The molecule has 1 fully saturated rings. The van der Waals surface area contributed by atoms with Crippen LogP contribution in [0.4, 0.5) is 4.39 Å². The SMILES string of the molecule is C[C@@]1(c2ccc(Cl)cc2F)Oc2cccc(-c3ccc(Cc4nc5ccc(C(=O)O)cc5n4C[C@@H]4CCO4)nc3)c2O1. The number of benzene rings is 3. The number of hydrogen-bond acceptors (Lipinski definition) is 6. The maximum absolute atomic E-state index is 14.8. The molecule has 42 heavy (non-hydrogen) atoms. The van der Waals surface area contributed by atoms with Crippen molar-refractivity contribution in [2.75, 3.05) is 6.61 Å². The van der Waals surface area contributed by atoms with Crippen LogP contribution in [0.5, 0.6) is 11.5 Å². The van der Waals surface area contributed by atoms with E-state index in [4.69, 9.17) is 35.8 Å². The van der Waals surface area contributed by atoms with Crippen molar-refractivity contribution in [3.05, 3.63) is 106 Å². The monoisotopic (exact) mass is 585 g/mol. The summed E-state index contributed by atoms with van der Waals surface area (Å²) < 4.78 is 34.8. The van der Waals surface area contributed by atoms with Crippen molar-refractivity contribution in [2.45, 2.75) is 38.2 Å². The van der Waals surface area contributed by atoms with Gasteiger partial charge < -0.3 is 23.9 Å². The fourth-order valence-electron chi connectivity index (χ4n) is 5.45. The molecule has 1 saturated heterocycles. The van der Waals surface area contributed by atoms with Crippen LogP contribution in [0.25, 0.3) is 22.2 Å². The molecule has 212 valence electrons. The van der Waals surface area contributed by atoms with Gasteiger partial charge in [0.2, 0.25) is 0 Å². The van der Waals surface area contributed by atoms with Crippen LogP contribution in [0, 0.1) is 5.82 Å². The van der Waals surface area contributed by atoms with Gasteiger partial charge in [0.15, 0.2) is 11.5 Å². The summed E-state index contributed by atoms with van der Waals surface area (Å²) in [4.78, 5) is 21.1. The Hall–Kier alpha value is -4.47. The summed E-state index contributed by atoms with van der Waals surface area (Å²) >= 11 is 5.94. The molecule has 0 unspecified atom stereocenters. The lowest BCUT2D eigenvalue weighted by Crippen LogP contribution is -2.32. The maximum atomic E-state index is 14.8. The molecule has 10 heteroatoms. The van der Waals surface area contributed by atoms with Crippen molar-refractivity contribution in [2.24, 2.45) is 0 Å². The van der Waals surface area contributed by atoms with Gasteiger partial charge >= 0.3 is 5.97 Å². The number of nitrogens with zero attached hydrogens (tertiary/aromatic N) is 3. The fraction of sp³-hybridized carbons (Fsp3) is 0.219. The Morgan fingerprint density at radius 2 is 2.00 bits per heavy atom. The van der Waals surface area contributed by atoms with E-state index in [0.717, 1.165) is 46.7 Å². The van der Waals surface area contributed by atoms with Crippen LogP contribution < -0.4 is 9.47 Å². The molecule has 7 rings (SSSR count). The Bertz CT molecular complexity index is 1850. The fourth-order valence-corrected chi connectivity index (χ4v) is 5.61. The molecule has 2 aromatic heterocycles. The third kappa shape index (κ3) is 4.64. The van der Waals surface area contributed by atoms with Crippen molar-refractivity contribution in [1.29, 1.82) is 0 Å². The number of hydrogen-bond donors (Lipinski definition) is 1. The molecule has 2 atom stereocenters. The number of carbonyl (C=O) groups is 1. The molecule has 4 heterocycles. The van der Waals surface area contributed by atoms with Crippen molar-refractivity contribution in [3.63, 3.8) is 0 Å². The predicted molar refractivity (Wildman–Crippen MR) is 154 cm³/mol. The first kappa shape index (κ1) is 26.4. The molecular formula is C32H25ClFN3O5. The van der Waals surface area contributed by atoms with E-state index in [1.54, 1.807) is 49.5 Å². The minimum absolute atomic E-state index is 0.0689. The van der Waals surface area contributed by atoms with Crippen LogP contribution in [0.1, 0.15) is 40.8 Å². The lowest BCUT2D eigenvalue weighted by molar-refractivity contribution is -0.0705. The normalized spacial score (nSPS) is 19.2. The number of aromatic carboxylic acids is 1. The van der Waals surface area contributed by atoms with Crippen LogP contribution in [0.3, 0.4) is 0 Å². The van der Waals surface area contributed by atoms with Gasteiger partial charge in [-0.15, -0.1) is 0 Å². The molecule has 1 N–H and O–H groups in total. The summed E-state index contributed by atoms with van der Waals surface area (Å²) in [6, 6.07) is 18.8. The summed E-state index contributed by atoms with van der Waals surface area (Å²) in [7, 11) is 0. The number of ether oxygens (including phenoxy) is 3. The molecule has 5 aromatic rings. The molecular weight excluding hydrogens is 561 g/mol. The average Bonchev–Trinajstić information content (AvgIpc) is 3.47. The largest absolute Gasteiger partial charge is 0.478 e. The molecule has 0 aliphatic carbocycles. The second kappa shape index (κ2) is 10.1. The Morgan fingerprint density at radius 1 is 1.14 bits per heavy atom. The number of halogens is 2. The highest BCUT2D eigenvalue weighted by Crippen LogP contribution is 2.49. The summed E-state index contributed by atoms with van der Waals surface area (Å²) in [5.74, 6) is -1.07. The van der Waals surface area contributed by atoms with Gasteiger partial charge in [-0.25, -0.2) is 14.2 Å².